The van der Waals surface area contributed by atoms with Gasteiger partial charge in [-0.2, -0.15) is 0 Å². The van der Waals surface area contributed by atoms with Gasteiger partial charge >= 0.3 is 11.9 Å². The van der Waals surface area contributed by atoms with Crippen molar-refractivity contribution in [2.75, 3.05) is 59.5 Å². The maximum absolute atomic E-state index is 11.5. The van der Waals surface area contributed by atoms with Gasteiger partial charge in [-0.1, -0.05) is 32.6 Å². The lowest BCUT2D eigenvalue weighted by Crippen LogP contribution is -2.27. The van der Waals surface area contributed by atoms with Gasteiger partial charge in [-0.3, -0.25) is 4.79 Å². The van der Waals surface area contributed by atoms with E-state index in [0.29, 0.717) is 52.7 Å². The van der Waals surface area contributed by atoms with E-state index in [1.165, 1.54) is 19.3 Å². The number of hydrogen-bond acceptors (Lipinski definition) is 8. The van der Waals surface area contributed by atoms with E-state index in [-0.39, 0.29) is 25.2 Å². The summed E-state index contributed by atoms with van der Waals surface area (Å²) in [7, 11) is 0. The van der Waals surface area contributed by atoms with Crippen LogP contribution in [0.15, 0.2) is 0 Å². The van der Waals surface area contributed by atoms with Crippen LogP contribution in [-0.4, -0.2) is 77.0 Å². The molecule has 0 heterocycles. The lowest BCUT2D eigenvalue weighted by Gasteiger charge is -2.19. The summed E-state index contributed by atoms with van der Waals surface area (Å²) in [5, 5.41) is 0. The van der Waals surface area contributed by atoms with Crippen molar-refractivity contribution in [2.24, 2.45) is 0 Å². The molecule has 0 amide bonds. The Bertz CT molecular complexity index is 420. The lowest BCUT2D eigenvalue weighted by molar-refractivity contribution is -0.160. The average molecular weight is 435 g/mol. The minimum Gasteiger partial charge on any atom is -0.463 e. The molecule has 0 rings (SSSR count). The molecule has 0 aliphatic carbocycles. The van der Waals surface area contributed by atoms with Gasteiger partial charge in [0.15, 0.2) is 0 Å². The second kappa shape index (κ2) is 19.7. The summed E-state index contributed by atoms with van der Waals surface area (Å²) in [6.45, 7) is 10.6. The Labute approximate surface area is 181 Å². The van der Waals surface area contributed by atoms with Gasteiger partial charge in [0.2, 0.25) is 0 Å². The van der Waals surface area contributed by atoms with Crippen LogP contribution in [0.25, 0.3) is 0 Å². The van der Waals surface area contributed by atoms with Crippen LogP contribution in [-0.2, 0) is 38.0 Å². The summed E-state index contributed by atoms with van der Waals surface area (Å²) in [4.78, 5) is 22.9. The molecular weight excluding hydrogens is 392 g/mol. The van der Waals surface area contributed by atoms with E-state index in [1.807, 2.05) is 20.8 Å². The van der Waals surface area contributed by atoms with E-state index in [1.54, 1.807) is 0 Å². The van der Waals surface area contributed by atoms with E-state index >= 15 is 0 Å². The highest BCUT2D eigenvalue weighted by Crippen LogP contribution is 2.07. The molecule has 8 heteroatoms. The maximum atomic E-state index is 11.5. The van der Waals surface area contributed by atoms with E-state index in [2.05, 4.69) is 6.92 Å². The van der Waals surface area contributed by atoms with Crippen molar-refractivity contribution in [2.45, 2.75) is 71.8 Å². The number of ether oxygens (including phenoxy) is 6. The van der Waals surface area contributed by atoms with Gasteiger partial charge in [-0.25, -0.2) is 4.79 Å². The summed E-state index contributed by atoms with van der Waals surface area (Å²) in [6, 6.07) is 0. The molecule has 0 saturated heterocycles. The highest BCUT2D eigenvalue weighted by molar-refractivity contribution is 5.71. The monoisotopic (exact) mass is 434 g/mol. The predicted molar refractivity (Wildman–Crippen MR) is 113 cm³/mol. The van der Waals surface area contributed by atoms with Crippen molar-refractivity contribution in [3.8, 4) is 0 Å². The molecule has 0 aromatic heterocycles. The van der Waals surface area contributed by atoms with Gasteiger partial charge < -0.3 is 28.4 Å². The molecule has 0 N–H and O–H groups in total. The first kappa shape index (κ1) is 28.8. The van der Waals surface area contributed by atoms with Crippen LogP contribution in [0.1, 0.15) is 66.2 Å². The summed E-state index contributed by atoms with van der Waals surface area (Å²) in [6.07, 6.45) is 6.07. The first-order chi connectivity index (χ1) is 14.3. The lowest BCUT2D eigenvalue weighted by atomic mass is 10.1. The van der Waals surface area contributed by atoms with Crippen molar-refractivity contribution in [3.05, 3.63) is 0 Å². The van der Waals surface area contributed by atoms with E-state index in [0.717, 1.165) is 12.8 Å². The zero-order valence-electron chi connectivity index (χ0n) is 19.4. The molecule has 0 aromatic rings. The number of rotatable bonds is 20. The van der Waals surface area contributed by atoms with Crippen LogP contribution in [0.4, 0.5) is 0 Å². The van der Waals surface area contributed by atoms with Crippen LogP contribution < -0.4 is 0 Å². The maximum Gasteiger partial charge on any atom is 0.332 e. The summed E-state index contributed by atoms with van der Waals surface area (Å²) in [5.74, 6) is -0.540. The Kier molecular flexibility index (Phi) is 18.9. The molecule has 0 spiro atoms. The predicted octanol–water partition coefficient (Wildman–Crippen LogP) is 3.30. The molecule has 0 atom stereocenters. The van der Waals surface area contributed by atoms with Crippen LogP contribution in [0.5, 0.6) is 0 Å². The van der Waals surface area contributed by atoms with Gasteiger partial charge in [-0.15, -0.1) is 0 Å². The molecule has 178 valence electrons. The number of esters is 2. The minimum absolute atomic E-state index is 0.0806. The molecule has 0 unspecified atom stereocenters. The van der Waals surface area contributed by atoms with Crippen LogP contribution >= 0.6 is 0 Å². The molecule has 0 saturated carbocycles. The molecule has 0 bridgehead atoms. The Hall–Kier alpha value is -1.22. The molecule has 0 fully saturated rings. The largest absolute Gasteiger partial charge is 0.463 e. The van der Waals surface area contributed by atoms with Gasteiger partial charge in [0.1, 0.15) is 18.8 Å². The highest BCUT2D eigenvalue weighted by atomic mass is 16.6. The van der Waals surface area contributed by atoms with Gasteiger partial charge in [0.25, 0.3) is 0 Å². The Morgan fingerprint density at radius 2 is 1.13 bits per heavy atom. The minimum atomic E-state index is -0.504. The molecule has 0 aliphatic heterocycles. The van der Waals surface area contributed by atoms with Crippen LogP contribution in [0.3, 0.4) is 0 Å². The number of hydrogen-bond donors (Lipinski definition) is 0. The summed E-state index contributed by atoms with van der Waals surface area (Å²) in [5.41, 5.74) is -0.504. The van der Waals surface area contributed by atoms with E-state index in [4.69, 9.17) is 28.4 Å². The third-order valence-electron chi connectivity index (χ3n) is 3.73. The van der Waals surface area contributed by atoms with Gasteiger partial charge in [0, 0.05) is 6.42 Å². The molecule has 0 radical (unpaired) electrons. The topological polar surface area (TPSA) is 89.5 Å². The fourth-order valence-corrected chi connectivity index (χ4v) is 2.35. The molecular formula is C22H42O8. The number of unbranched alkanes of at least 4 members (excludes halogenated alkanes) is 4. The van der Waals surface area contributed by atoms with Crippen molar-refractivity contribution < 1.29 is 38.0 Å². The van der Waals surface area contributed by atoms with Crippen LogP contribution in [0.2, 0.25) is 0 Å². The smallest absolute Gasteiger partial charge is 0.332 e. The summed E-state index contributed by atoms with van der Waals surface area (Å²) < 4.78 is 31.5. The van der Waals surface area contributed by atoms with Crippen molar-refractivity contribution in [3.63, 3.8) is 0 Å². The molecule has 30 heavy (non-hydrogen) atoms. The molecule has 8 nitrogen and oxygen atoms in total. The van der Waals surface area contributed by atoms with Gasteiger partial charge in [-0.05, 0) is 27.2 Å². The Balaban J connectivity index is 3.23. The molecule has 0 aromatic carbocycles. The average Bonchev–Trinajstić information content (AvgIpc) is 2.66. The van der Waals surface area contributed by atoms with Crippen molar-refractivity contribution in [1.82, 2.24) is 0 Å². The van der Waals surface area contributed by atoms with E-state index in [9.17, 15) is 9.59 Å². The SMILES string of the molecule is CCCCCCCC(=O)OCCOCCOCCOCCOCC(=O)OC(C)(C)C. The second-order valence-corrected chi connectivity index (χ2v) is 7.86. The highest BCUT2D eigenvalue weighted by Gasteiger charge is 2.15. The Morgan fingerprint density at radius 1 is 0.633 bits per heavy atom. The quantitative estimate of drug-likeness (QED) is 0.213. The number of carbonyl (C=O) groups excluding carboxylic acids is 2. The fraction of sp³-hybridized carbons (Fsp3) is 0.909. The summed E-state index contributed by atoms with van der Waals surface area (Å²) >= 11 is 0. The van der Waals surface area contributed by atoms with E-state index < -0.39 is 5.60 Å². The van der Waals surface area contributed by atoms with Crippen molar-refractivity contribution >= 4 is 11.9 Å². The number of carbonyl (C=O) groups is 2. The zero-order valence-corrected chi connectivity index (χ0v) is 19.4. The standard InChI is InChI=1S/C22H42O8/c1-5-6-7-8-9-10-20(23)29-18-17-27-14-13-25-11-12-26-15-16-28-19-21(24)30-22(2,3)4/h5-19H2,1-4H3. The van der Waals surface area contributed by atoms with Gasteiger partial charge in [0.05, 0.1) is 46.2 Å². The zero-order chi connectivity index (χ0) is 22.5. The van der Waals surface area contributed by atoms with Crippen molar-refractivity contribution in [1.29, 1.82) is 0 Å². The second-order valence-electron chi connectivity index (χ2n) is 7.86. The van der Waals surface area contributed by atoms with Crippen LogP contribution in [0, 0.1) is 0 Å². The Morgan fingerprint density at radius 3 is 1.67 bits per heavy atom. The first-order valence-corrected chi connectivity index (χ1v) is 11.0. The molecule has 0 aliphatic rings. The third-order valence-corrected chi connectivity index (χ3v) is 3.73. The third kappa shape index (κ3) is 23.1. The first-order valence-electron chi connectivity index (χ1n) is 11.0. The normalized spacial score (nSPS) is 11.5. The fourth-order valence-electron chi connectivity index (χ4n) is 2.35.